The molecule has 0 aliphatic heterocycles. The van der Waals surface area contributed by atoms with E-state index in [9.17, 15) is 9.90 Å². The van der Waals surface area contributed by atoms with Crippen molar-refractivity contribution >= 4 is 5.78 Å². The molecule has 0 unspecified atom stereocenters. The predicted molar refractivity (Wildman–Crippen MR) is 68.3 cm³/mol. The molecule has 0 rings (SSSR count). The summed E-state index contributed by atoms with van der Waals surface area (Å²) in [6.07, 6.45) is 1.11. The van der Waals surface area contributed by atoms with Gasteiger partial charge < -0.3 is 5.11 Å². The zero-order chi connectivity index (χ0) is 13.1. The maximum absolute atomic E-state index is 11.9. The molecule has 0 saturated heterocycles. The van der Waals surface area contributed by atoms with Crippen LogP contribution in [0.25, 0.3) is 0 Å². The van der Waals surface area contributed by atoms with Crippen LogP contribution in [-0.2, 0) is 4.79 Å². The molecule has 0 amide bonds. The first-order valence-electron chi connectivity index (χ1n) is 6.17. The fourth-order valence-corrected chi connectivity index (χ4v) is 1.52. The molecule has 0 saturated carbocycles. The number of Topliss-reactive ketones (excluding diaryl/α,β-unsaturated/α-hetero) is 1. The van der Waals surface area contributed by atoms with Crippen LogP contribution in [0.4, 0.5) is 0 Å². The lowest BCUT2D eigenvalue weighted by Crippen LogP contribution is -2.37. The van der Waals surface area contributed by atoms with Crippen LogP contribution in [-0.4, -0.2) is 17.0 Å². The van der Waals surface area contributed by atoms with Gasteiger partial charge in [-0.1, -0.05) is 48.5 Å². The minimum atomic E-state index is -0.817. The zero-order valence-electron chi connectivity index (χ0n) is 11.9. The molecule has 0 aromatic rings. The van der Waals surface area contributed by atoms with Gasteiger partial charge in [-0.3, -0.25) is 4.79 Å². The molecule has 0 aromatic carbocycles. The van der Waals surface area contributed by atoms with Crippen molar-refractivity contribution < 1.29 is 9.90 Å². The second kappa shape index (κ2) is 5.31. The molecule has 0 aromatic heterocycles. The van der Waals surface area contributed by atoms with E-state index < -0.39 is 11.5 Å². The lowest BCUT2D eigenvalue weighted by Gasteiger charge is -2.27. The molecular formula is C14H28O2. The first kappa shape index (κ1) is 15.6. The zero-order valence-corrected chi connectivity index (χ0v) is 11.9. The summed E-state index contributed by atoms with van der Waals surface area (Å²) in [5.74, 6) is -0.000130. The van der Waals surface area contributed by atoms with Crippen LogP contribution in [0.5, 0.6) is 0 Å². The summed E-state index contributed by atoms with van der Waals surface area (Å²) in [6.45, 7) is 14.1. The number of hydrogen-bond acceptors (Lipinski definition) is 2. The van der Waals surface area contributed by atoms with Crippen molar-refractivity contribution in [3.63, 3.8) is 0 Å². The predicted octanol–water partition coefficient (Wildman–Crippen LogP) is 3.42. The highest BCUT2D eigenvalue weighted by molar-refractivity contribution is 5.87. The normalized spacial score (nSPS) is 17.0. The lowest BCUT2D eigenvalue weighted by atomic mass is 9.80. The maximum Gasteiger partial charge on any atom is 0.166 e. The van der Waals surface area contributed by atoms with Gasteiger partial charge in [-0.05, 0) is 24.2 Å². The molecule has 0 aliphatic rings. The molecule has 2 heteroatoms. The third-order valence-electron chi connectivity index (χ3n) is 2.90. The quantitative estimate of drug-likeness (QED) is 0.800. The van der Waals surface area contributed by atoms with Gasteiger partial charge in [0.1, 0.15) is 6.10 Å². The summed E-state index contributed by atoms with van der Waals surface area (Å²) < 4.78 is 0. The number of aliphatic hydroxyl groups is 1. The maximum atomic E-state index is 11.9. The van der Waals surface area contributed by atoms with Crippen LogP contribution < -0.4 is 0 Å². The molecule has 0 aliphatic carbocycles. The van der Waals surface area contributed by atoms with Crippen molar-refractivity contribution in [2.75, 3.05) is 0 Å². The van der Waals surface area contributed by atoms with E-state index in [-0.39, 0.29) is 17.1 Å². The highest BCUT2D eigenvalue weighted by Crippen LogP contribution is 2.27. The van der Waals surface area contributed by atoms with E-state index in [0.29, 0.717) is 0 Å². The van der Waals surface area contributed by atoms with E-state index in [1.54, 1.807) is 0 Å². The van der Waals surface area contributed by atoms with Crippen LogP contribution in [0.1, 0.15) is 61.3 Å². The van der Waals surface area contributed by atoms with E-state index in [2.05, 4.69) is 20.8 Å². The Morgan fingerprint density at radius 2 is 1.56 bits per heavy atom. The van der Waals surface area contributed by atoms with Gasteiger partial charge in [0, 0.05) is 5.41 Å². The number of carbonyl (C=O) groups is 1. The molecule has 0 fully saturated rings. The summed E-state index contributed by atoms with van der Waals surface area (Å²) in [6, 6.07) is 0. The minimum Gasteiger partial charge on any atom is -0.385 e. The molecule has 0 heterocycles. The van der Waals surface area contributed by atoms with Crippen LogP contribution in [0.15, 0.2) is 0 Å². The van der Waals surface area contributed by atoms with Gasteiger partial charge in [0.15, 0.2) is 5.78 Å². The molecule has 0 bridgehead atoms. The second-order valence-corrected chi connectivity index (χ2v) is 7.14. The minimum absolute atomic E-state index is 0.0472. The topological polar surface area (TPSA) is 37.3 Å². The summed E-state index contributed by atoms with van der Waals surface area (Å²) >= 11 is 0. The number of rotatable bonds is 4. The fourth-order valence-electron chi connectivity index (χ4n) is 1.52. The Morgan fingerprint density at radius 1 is 1.12 bits per heavy atom. The van der Waals surface area contributed by atoms with Crippen LogP contribution >= 0.6 is 0 Å². The molecule has 96 valence electrons. The largest absolute Gasteiger partial charge is 0.385 e. The third-order valence-corrected chi connectivity index (χ3v) is 2.90. The third kappa shape index (κ3) is 5.64. The summed E-state index contributed by atoms with van der Waals surface area (Å²) in [7, 11) is 0. The highest BCUT2D eigenvalue weighted by atomic mass is 16.3. The van der Waals surface area contributed by atoms with Crippen molar-refractivity contribution in [3.05, 3.63) is 0 Å². The molecule has 1 N–H and O–H groups in total. The summed E-state index contributed by atoms with van der Waals surface area (Å²) in [5.41, 5.74) is -0.186. The van der Waals surface area contributed by atoms with E-state index in [1.807, 2.05) is 27.7 Å². The average molecular weight is 228 g/mol. The SMILES string of the molecule is C[C@@H](CCC(C)(C)C)[C@@H](O)C(=O)C(C)(C)C. The Bertz CT molecular complexity index is 230. The van der Waals surface area contributed by atoms with E-state index >= 15 is 0 Å². The lowest BCUT2D eigenvalue weighted by molar-refractivity contribution is -0.137. The van der Waals surface area contributed by atoms with Gasteiger partial charge >= 0.3 is 0 Å². The number of aliphatic hydroxyl groups excluding tert-OH is 1. The monoisotopic (exact) mass is 228 g/mol. The van der Waals surface area contributed by atoms with Crippen LogP contribution in [0.3, 0.4) is 0 Å². The van der Waals surface area contributed by atoms with Gasteiger partial charge in [0.05, 0.1) is 0 Å². The van der Waals surface area contributed by atoms with E-state index in [1.165, 1.54) is 0 Å². The Kier molecular flexibility index (Phi) is 5.18. The molecule has 0 spiro atoms. The van der Waals surface area contributed by atoms with Crippen LogP contribution in [0, 0.1) is 16.7 Å². The summed E-state index contributed by atoms with van der Waals surface area (Å²) in [4.78, 5) is 11.9. The van der Waals surface area contributed by atoms with Gasteiger partial charge in [-0.2, -0.15) is 0 Å². The molecular weight excluding hydrogens is 200 g/mol. The fraction of sp³-hybridized carbons (Fsp3) is 0.929. The number of ketones is 1. The Balaban J connectivity index is 4.30. The van der Waals surface area contributed by atoms with Crippen molar-refractivity contribution in [1.82, 2.24) is 0 Å². The van der Waals surface area contributed by atoms with Gasteiger partial charge in [0.2, 0.25) is 0 Å². The number of carbonyl (C=O) groups excluding carboxylic acids is 1. The molecule has 2 nitrogen and oxygen atoms in total. The number of hydrogen-bond donors (Lipinski definition) is 1. The second-order valence-electron chi connectivity index (χ2n) is 7.14. The van der Waals surface area contributed by atoms with Crippen LogP contribution in [0.2, 0.25) is 0 Å². The summed E-state index contributed by atoms with van der Waals surface area (Å²) in [5, 5.41) is 9.97. The van der Waals surface area contributed by atoms with Gasteiger partial charge in [-0.15, -0.1) is 0 Å². The first-order valence-corrected chi connectivity index (χ1v) is 6.17. The van der Waals surface area contributed by atoms with E-state index in [4.69, 9.17) is 0 Å². The molecule has 0 radical (unpaired) electrons. The Hall–Kier alpha value is -0.370. The van der Waals surface area contributed by atoms with E-state index in [0.717, 1.165) is 12.8 Å². The van der Waals surface area contributed by atoms with Crippen molar-refractivity contribution in [1.29, 1.82) is 0 Å². The van der Waals surface area contributed by atoms with Crippen molar-refractivity contribution in [2.45, 2.75) is 67.4 Å². The Labute approximate surface area is 100 Å². The van der Waals surface area contributed by atoms with Gasteiger partial charge in [0.25, 0.3) is 0 Å². The van der Waals surface area contributed by atoms with Crippen molar-refractivity contribution in [2.24, 2.45) is 16.7 Å². The van der Waals surface area contributed by atoms with Gasteiger partial charge in [-0.25, -0.2) is 0 Å². The smallest absolute Gasteiger partial charge is 0.166 e. The standard InChI is InChI=1S/C14H28O2/c1-10(8-9-13(2,3)4)11(15)12(16)14(5,6)7/h10-11,15H,8-9H2,1-7H3/t10-,11+/m0/s1. The first-order chi connectivity index (χ1) is 6.95. The Morgan fingerprint density at radius 3 is 1.88 bits per heavy atom. The molecule has 16 heavy (non-hydrogen) atoms. The molecule has 2 atom stereocenters. The highest BCUT2D eigenvalue weighted by Gasteiger charge is 2.31. The van der Waals surface area contributed by atoms with Crippen molar-refractivity contribution in [3.8, 4) is 0 Å². The average Bonchev–Trinajstić information content (AvgIpc) is 2.09.